The predicted octanol–water partition coefficient (Wildman–Crippen LogP) is 8.61. The third-order valence-corrected chi connectivity index (χ3v) is 15.1. The zero-order chi connectivity index (χ0) is 40.8. The molecule has 4 aliphatic carbocycles. The van der Waals surface area contributed by atoms with E-state index in [2.05, 4.69) is 26.0 Å². The van der Waals surface area contributed by atoms with E-state index in [0.29, 0.717) is 82.1 Å². The monoisotopic (exact) mass is 775 g/mol. The van der Waals surface area contributed by atoms with Gasteiger partial charge in [0, 0.05) is 42.2 Å². The van der Waals surface area contributed by atoms with Crippen molar-refractivity contribution >= 4 is 17.7 Å². The molecule has 1 saturated heterocycles. The predicted molar refractivity (Wildman–Crippen MR) is 222 cm³/mol. The van der Waals surface area contributed by atoms with E-state index < -0.39 is 33.6 Å². The third-order valence-electron chi connectivity index (χ3n) is 15.1. The van der Waals surface area contributed by atoms with Crippen molar-refractivity contribution in [2.75, 3.05) is 26.8 Å². The molecule has 8 nitrogen and oxygen atoms in total. The number of esters is 1. The average Bonchev–Trinajstić information content (AvgIpc) is 3.63. The van der Waals surface area contributed by atoms with Crippen molar-refractivity contribution in [1.82, 2.24) is 4.90 Å². The Morgan fingerprint density at radius 1 is 0.912 bits per heavy atom. The van der Waals surface area contributed by atoms with Gasteiger partial charge in [-0.05, 0) is 112 Å². The van der Waals surface area contributed by atoms with Crippen LogP contribution in [0.15, 0.2) is 84.4 Å². The molecule has 0 spiro atoms. The number of hydrogen-bond acceptors (Lipinski definition) is 7. The Hall–Kier alpha value is -4.11. The van der Waals surface area contributed by atoms with Gasteiger partial charge in [-0.1, -0.05) is 99.2 Å². The fourth-order valence-corrected chi connectivity index (χ4v) is 10.8. The molecule has 3 fully saturated rings. The summed E-state index contributed by atoms with van der Waals surface area (Å²) in [5.74, 6) is -0.880. The number of nitrogens with zero attached hydrogens (tertiary/aromatic N) is 1. The lowest BCUT2D eigenvalue weighted by Gasteiger charge is -2.47. The summed E-state index contributed by atoms with van der Waals surface area (Å²) >= 11 is 0. The van der Waals surface area contributed by atoms with Crippen LogP contribution in [0.2, 0.25) is 0 Å². The number of rotatable bonds is 10. The lowest BCUT2D eigenvalue weighted by molar-refractivity contribution is -0.177. The van der Waals surface area contributed by atoms with E-state index in [1.54, 1.807) is 12.0 Å². The Balaban J connectivity index is 1.32. The minimum atomic E-state index is -1.33. The fraction of sp³-hybridized carbons (Fsp3) is 0.531. The van der Waals surface area contributed by atoms with Crippen LogP contribution in [-0.4, -0.2) is 76.9 Å². The molecule has 304 valence electrons. The molecule has 5 aliphatic rings. The van der Waals surface area contributed by atoms with Crippen molar-refractivity contribution in [2.45, 2.75) is 122 Å². The van der Waals surface area contributed by atoms with Gasteiger partial charge in [-0.2, -0.15) is 0 Å². The summed E-state index contributed by atoms with van der Waals surface area (Å²) in [6.45, 7) is 11.0. The molecule has 2 saturated carbocycles. The lowest BCUT2D eigenvalue weighted by atomic mass is 9.64. The molecule has 1 amide bonds. The van der Waals surface area contributed by atoms with Crippen LogP contribution in [-0.2, 0) is 25.5 Å². The highest BCUT2D eigenvalue weighted by atomic mass is 16.6. The van der Waals surface area contributed by atoms with Gasteiger partial charge in [-0.3, -0.25) is 14.4 Å². The van der Waals surface area contributed by atoms with Gasteiger partial charge in [0.05, 0.1) is 23.7 Å². The van der Waals surface area contributed by atoms with Crippen LogP contribution in [0.1, 0.15) is 125 Å². The van der Waals surface area contributed by atoms with E-state index in [0.717, 1.165) is 28.7 Å². The number of aliphatic hydroxyl groups is 2. The number of carbonyl (C=O) groups excluding carboxylic acids is 3. The molecule has 0 radical (unpaired) electrons. The highest BCUT2D eigenvalue weighted by Gasteiger charge is 2.76. The standard InChI is InChI=1S/C49H61NO7/c1-33-14-12-24-46(4)41(23-25-48(46,55)32-50(28-13-29-56-6)43(53)49-27-26-47(5,44(54)57-49)45(49,2)3)38-22-20-34(30-36(51)21-19-33)31-40(38)42(52)39-18-11-10-17-37(39)35-15-8-7-9-16-35/h7-11,14-18,20,22,31,36,41,51,55H,12-13,19,21,23-30,32H2,1-6H3/t36-,41-,46-,47-,48+,49+/m0/s1. The molecule has 6 atom stereocenters. The van der Waals surface area contributed by atoms with E-state index in [-0.39, 0.29) is 30.1 Å². The minimum absolute atomic E-state index is 0.0712. The normalized spacial score (nSPS) is 30.7. The van der Waals surface area contributed by atoms with Crippen molar-refractivity contribution in [1.29, 1.82) is 0 Å². The van der Waals surface area contributed by atoms with Gasteiger partial charge in [0.1, 0.15) is 0 Å². The Morgan fingerprint density at radius 2 is 1.65 bits per heavy atom. The molecule has 8 rings (SSSR count). The van der Waals surface area contributed by atoms with Crippen LogP contribution in [0.5, 0.6) is 0 Å². The molecular formula is C49H61NO7. The second kappa shape index (κ2) is 15.6. The van der Waals surface area contributed by atoms with Crippen LogP contribution in [0.4, 0.5) is 0 Å². The van der Waals surface area contributed by atoms with E-state index in [1.807, 2.05) is 87.5 Å². The van der Waals surface area contributed by atoms with Crippen molar-refractivity contribution < 1.29 is 34.1 Å². The first-order valence-electron chi connectivity index (χ1n) is 21.0. The zero-order valence-electron chi connectivity index (χ0n) is 34.7. The van der Waals surface area contributed by atoms with E-state index in [9.17, 15) is 15.0 Å². The molecule has 0 unspecified atom stereocenters. The Kier molecular flexibility index (Phi) is 11.2. The smallest absolute Gasteiger partial charge is 0.313 e. The molecule has 4 bridgehead atoms. The summed E-state index contributed by atoms with van der Waals surface area (Å²) in [7, 11) is 1.64. The second-order valence-corrected chi connectivity index (χ2v) is 18.4. The van der Waals surface area contributed by atoms with Crippen molar-refractivity contribution in [3.8, 4) is 11.1 Å². The summed E-state index contributed by atoms with van der Waals surface area (Å²) < 4.78 is 11.5. The van der Waals surface area contributed by atoms with Gasteiger partial charge in [0.15, 0.2) is 11.4 Å². The number of benzene rings is 3. The van der Waals surface area contributed by atoms with Gasteiger partial charge in [-0.15, -0.1) is 0 Å². The van der Waals surface area contributed by atoms with Crippen LogP contribution in [0.25, 0.3) is 11.1 Å². The van der Waals surface area contributed by atoms with Crippen LogP contribution in [0, 0.1) is 16.2 Å². The van der Waals surface area contributed by atoms with E-state index in [1.165, 1.54) is 5.57 Å². The Morgan fingerprint density at radius 3 is 2.35 bits per heavy atom. The molecule has 3 aromatic carbocycles. The highest BCUT2D eigenvalue weighted by Crippen LogP contribution is 2.66. The highest BCUT2D eigenvalue weighted by molar-refractivity contribution is 6.14. The Labute approximate surface area is 338 Å². The quantitative estimate of drug-likeness (QED) is 0.0918. The first-order valence-corrected chi connectivity index (χ1v) is 21.0. The molecule has 0 aromatic heterocycles. The van der Waals surface area contributed by atoms with Crippen LogP contribution < -0.4 is 0 Å². The number of methoxy groups -OCH3 is 1. The van der Waals surface area contributed by atoms with Crippen molar-refractivity contribution in [2.24, 2.45) is 16.2 Å². The molecule has 8 heteroatoms. The summed E-state index contributed by atoms with van der Waals surface area (Å²) in [6, 6.07) is 23.7. The lowest BCUT2D eigenvalue weighted by Crippen LogP contribution is -2.60. The maximum atomic E-state index is 15.1. The number of aliphatic hydroxyl groups excluding tert-OH is 1. The summed E-state index contributed by atoms with van der Waals surface area (Å²) in [4.78, 5) is 45.2. The largest absolute Gasteiger partial charge is 0.448 e. The van der Waals surface area contributed by atoms with Crippen molar-refractivity contribution in [3.63, 3.8) is 0 Å². The van der Waals surface area contributed by atoms with Crippen LogP contribution in [0.3, 0.4) is 0 Å². The summed E-state index contributed by atoms with van der Waals surface area (Å²) in [5, 5.41) is 24.4. The first kappa shape index (κ1) is 41.1. The Bertz CT molecular complexity index is 2040. The number of ether oxygens (including phenoxy) is 2. The maximum Gasteiger partial charge on any atom is 0.313 e. The number of amides is 1. The van der Waals surface area contributed by atoms with Crippen LogP contribution >= 0.6 is 0 Å². The third kappa shape index (κ3) is 6.89. The molecule has 57 heavy (non-hydrogen) atoms. The minimum Gasteiger partial charge on any atom is -0.448 e. The molecule has 1 aliphatic heterocycles. The van der Waals surface area contributed by atoms with Gasteiger partial charge in [-0.25, -0.2) is 0 Å². The summed E-state index contributed by atoms with van der Waals surface area (Å²) in [5.41, 5.74) is 1.07. The SMILES string of the molecule is COCCCN(C[C@]1(O)CC[C@H]2c3ccc(cc3C(=O)c3ccccc3-c3ccccc3)C[C@@H](O)CCC(C)=CCC[C@@]21C)C(=O)[C@@]12CC[C@@](C)(C(=O)O1)C2(C)C. The molecular weight excluding hydrogens is 715 g/mol. The topological polar surface area (TPSA) is 113 Å². The number of allylic oxidation sites excluding steroid dienone is 2. The second-order valence-electron chi connectivity index (χ2n) is 18.4. The van der Waals surface area contributed by atoms with Gasteiger partial charge < -0.3 is 24.6 Å². The maximum absolute atomic E-state index is 15.1. The number of ketones is 1. The molecule has 1 heterocycles. The van der Waals surface area contributed by atoms with Gasteiger partial charge in [0.25, 0.3) is 5.91 Å². The van der Waals surface area contributed by atoms with Gasteiger partial charge in [0.2, 0.25) is 0 Å². The average molecular weight is 776 g/mol. The fourth-order valence-electron chi connectivity index (χ4n) is 10.8. The number of fused-ring (bicyclic) bond motifs is 10. The number of hydrogen-bond donors (Lipinski definition) is 2. The van der Waals surface area contributed by atoms with Crippen molar-refractivity contribution in [3.05, 3.63) is 107 Å². The first-order chi connectivity index (χ1) is 27.1. The molecule has 3 aromatic rings. The number of carbonyl (C=O) groups is 3. The summed E-state index contributed by atoms with van der Waals surface area (Å²) in [6.07, 6.45) is 7.39. The van der Waals surface area contributed by atoms with E-state index >= 15 is 9.59 Å². The zero-order valence-corrected chi connectivity index (χ0v) is 34.7. The van der Waals surface area contributed by atoms with E-state index in [4.69, 9.17) is 9.47 Å². The van der Waals surface area contributed by atoms with Gasteiger partial charge >= 0.3 is 5.97 Å². The molecule has 2 N–H and O–H groups in total.